The fourth-order valence-corrected chi connectivity index (χ4v) is 1.44. The van der Waals surface area contributed by atoms with Gasteiger partial charge in [0.15, 0.2) is 0 Å². The third-order valence-electron chi connectivity index (χ3n) is 2.83. The van der Waals surface area contributed by atoms with E-state index in [-0.39, 0.29) is 11.4 Å². The van der Waals surface area contributed by atoms with E-state index in [4.69, 9.17) is 4.74 Å². The minimum Gasteiger partial charge on any atom is -0.388 e. The van der Waals surface area contributed by atoms with Crippen LogP contribution in [0.3, 0.4) is 0 Å². The normalized spacial score (nSPS) is 13.8. The van der Waals surface area contributed by atoms with E-state index in [2.05, 4.69) is 0 Å². The number of rotatable bonds is 5. The largest absolute Gasteiger partial charge is 0.388 e. The molecule has 16 heavy (non-hydrogen) atoms. The van der Waals surface area contributed by atoms with E-state index in [1.54, 1.807) is 19.2 Å². The van der Waals surface area contributed by atoms with Crippen molar-refractivity contribution in [3.05, 3.63) is 35.6 Å². The number of hydrogen-bond donors (Lipinski definition) is 1. The summed E-state index contributed by atoms with van der Waals surface area (Å²) in [6, 6.07) is 5.94. The van der Waals surface area contributed by atoms with Crippen molar-refractivity contribution in [2.75, 3.05) is 7.11 Å². The number of halogens is 1. The van der Waals surface area contributed by atoms with Gasteiger partial charge in [0.05, 0.1) is 11.7 Å². The molecular weight excluding hydrogens is 207 g/mol. The maximum atomic E-state index is 12.7. The summed E-state index contributed by atoms with van der Waals surface area (Å²) in [5, 5.41) is 9.89. The van der Waals surface area contributed by atoms with E-state index in [0.29, 0.717) is 6.42 Å². The van der Waals surface area contributed by atoms with Gasteiger partial charge in [-0.05, 0) is 44.4 Å². The zero-order chi connectivity index (χ0) is 12.2. The van der Waals surface area contributed by atoms with Crippen LogP contribution in [0, 0.1) is 5.82 Å². The molecule has 1 unspecified atom stereocenters. The average Bonchev–Trinajstić information content (AvgIpc) is 2.27. The van der Waals surface area contributed by atoms with Crippen LogP contribution in [0.5, 0.6) is 0 Å². The molecule has 2 nitrogen and oxygen atoms in total. The monoisotopic (exact) mass is 226 g/mol. The topological polar surface area (TPSA) is 29.5 Å². The molecule has 0 bridgehead atoms. The van der Waals surface area contributed by atoms with E-state index in [1.165, 1.54) is 12.1 Å². The van der Waals surface area contributed by atoms with Gasteiger partial charge in [0.1, 0.15) is 5.82 Å². The Morgan fingerprint density at radius 3 is 2.38 bits per heavy atom. The molecule has 0 saturated carbocycles. The fourth-order valence-electron chi connectivity index (χ4n) is 1.44. The first-order valence-electron chi connectivity index (χ1n) is 5.43. The lowest BCUT2D eigenvalue weighted by Crippen LogP contribution is -2.23. The van der Waals surface area contributed by atoms with Crippen LogP contribution in [0.25, 0.3) is 0 Å². The number of methoxy groups -OCH3 is 1. The maximum Gasteiger partial charge on any atom is 0.123 e. The van der Waals surface area contributed by atoms with Crippen molar-refractivity contribution >= 4 is 0 Å². The summed E-state index contributed by atoms with van der Waals surface area (Å²) in [6.45, 7) is 3.95. The molecule has 0 radical (unpaired) electrons. The molecule has 1 atom stereocenters. The van der Waals surface area contributed by atoms with Gasteiger partial charge in [-0.25, -0.2) is 4.39 Å². The molecule has 0 fully saturated rings. The van der Waals surface area contributed by atoms with Crippen molar-refractivity contribution in [2.45, 2.75) is 38.4 Å². The van der Waals surface area contributed by atoms with Crippen molar-refractivity contribution in [1.29, 1.82) is 0 Å². The SMILES string of the molecule is COC(C)(C)CCC(O)c1ccc(F)cc1. The summed E-state index contributed by atoms with van der Waals surface area (Å²) >= 11 is 0. The second-order valence-electron chi connectivity index (χ2n) is 4.57. The molecule has 1 rings (SSSR count). The van der Waals surface area contributed by atoms with Crippen LogP contribution in [0.15, 0.2) is 24.3 Å². The van der Waals surface area contributed by atoms with Crippen LogP contribution in [0.4, 0.5) is 4.39 Å². The average molecular weight is 226 g/mol. The molecule has 0 saturated heterocycles. The maximum absolute atomic E-state index is 12.7. The smallest absolute Gasteiger partial charge is 0.123 e. The van der Waals surface area contributed by atoms with Crippen molar-refractivity contribution in [3.63, 3.8) is 0 Å². The Balaban J connectivity index is 2.53. The minimum absolute atomic E-state index is 0.235. The van der Waals surface area contributed by atoms with E-state index in [0.717, 1.165) is 12.0 Å². The van der Waals surface area contributed by atoms with Crippen molar-refractivity contribution in [1.82, 2.24) is 0 Å². The van der Waals surface area contributed by atoms with Crippen molar-refractivity contribution in [3.8, 4) is 0 Å². The van der Waals surface area contributed by atoms with Gasteiger partial charge in [-0.2, -0.15) is 0 Å². The predicted octanol–water partition coefficient (Wildman–Crippen LogP) is 3.06. The van der Waals surface area contributed by atoms with Gasteiger partial charge in [0, 0.05) is 7.11 Å². The Bertz CT molecular complexity index is 319. The highest BCUT2D eigenvalue weighted by Gasteiger charge is 2.18. The van der Waals surface area contributed by atoms with Gasteiger partial charge in [-0.3, -0.25) is 0 Å². The van der Waals surface area contributed by atoms with Crippen LogP contribution in [0.1, 0.15) is 38.4 Å². The lowest BCUT2D eigenvalue weighted by Gasteiger charge is -2.24. The van der Waals surface area contributed by atoms with Gasteiger partial charge in [-0.1, -0.05) is 12.1 Å². The highest BCUT2D eigenvalue weighted by Crippen LogP contribution is 2.24. The lowest BCUT2D eigenvalue weighted by molar-refractivity contribution is 0.00278. The second-order valence-corrected chi connectivity index (χ2v) is 4.57. The zero-order valence-corrected chi connectivity index (χ0v) is 10.0. The van der Waals surface area contributed by atoms with E-state index < -0.39 is 6.10 Å². The molecule has 0 aromatic heterocycles. The molecule has 0 aliphatic carbocycles. The van der Waals surface area contributed by atoms with Gasteiger partial charge in [0.25, 0.3) is 0 Å². The van der Waals surface area contributed by atoms with E-state index >= 15 is 0 Å². The quantitative estimate of drug-likeness (QED) is 0.836. The molecule has 3 heteroatoms. The van der Waals surface area contributed by atoms with Gasteiger partial charge >= 0.3 is 0 Å². The third kappa shape index (κ3) is 3.91. The van der Waals surface area contributed by atoms with Crippen molar-refractivity contribution < 1.29 is 14.2 Å². The molecule has 1 aromatic carbocycles. The number of hydrogen-bond acceptors (Lipinski definition) is 2. The molecule has 0 heterocycles. The Labute approximate surface area is 96.1 Å². The van der Waals surface area contributed by atoms with E-state index in [9.17, 15) is 9.50 Å². The van der Waals surface area contributed by atoms with Crippen molar-refractivity contribution in [2.24, 2.45) is 0 Å². The summed E-state index contributed by atoms with van der Waals surface area (Å²) in [6.07, 6.45) is 0.796. The predicted molar refractivity (Wildman–Crippen MR) is 61.7 cm³/mol. The molecule has 0 aliphatic heterocycles. The summed E-state index contributed by atoms with van der Waals surface area (Å²) in [4.78, 5) is 0. The Morgan fingerprint density at radius 1 is 1.31 bits per heavy atom. The van der Waals surface area contributed by atoms with Crippen LogP contribution in [-0.2, 0) is 4.74 Å². The third-order valence-corrected chi connectivity index (χ3v) is 2.83. The first-order chi connectivity index (χ1) is 7.44. The molecule has 0 spiro atoms. The zero-order valence-electron chi connectivity index (χ0n) is 10.0. The lowest BCUT2D eigenvalue weighted by atomic mass is 9.97. The van der Waals surface area contributed by atoms with Gasteiger partial charge in [-0.15, -0.1) is 0 Å². The number of ether oxygens (including phenoxy) is 1. The number of benzene rings is 1. The molecule has 0 aliphatic rings. The highest BCUT2D eigenvalue weighted by molar-refractivity contribution is 5.18. The Kier molecular flexibility index (Phi) is 4.44. The highest BCUT2D eigenvalue weighted by atomic mass is 19.1. The molecule has 1 aromatic rings. The number of aliphatic hydroxyl groups excluding tert-OH is 1. The fraction of sp³-hybridized carbons (Fsp3) is 0.538. The molecule has 0 amide bonds. The summed E-state index contributed by atoms with van der Waals surface area (Å²) in [7, 11) is 1.66. The van der Waals surface area contributed by atoms with Gasteiger partial charge < -0.3 is 9.84 Å². The van der Waals surface area contributed by atoms with Crippen LogP contribution in [0.2, 0.25) is 0 Å². The summed E-state index contributed by atoms with van der Waals surface area (Å²) in [5.74, 6) is -0.284. The van der Waals surface area contributed by atoms with Crippen LogP contribution in [-0.4, -0.2) is 17.8 Å². The van der Waals surface area contributed by atoms with Gasteiger partial charge in [0.2, 0.25) is 0 Å². The number of aliphatic hydroxyl groups is 1. The summed E-state index contributed by atoms with van der Waals surface area (Å²) in [5.41, 5.74) is 0.509. The standard InChI is InChI=1S/C13H19FO2/c1-13(2,16-3)9-8-12(15)10-4-6-11(14)7-5-10/h4-7,12,15H,8-9H2,1-3H3. The summed E-state index contributed by atoms with van der Waals surface area (Å²) < 4.78 is 18.0. The van der Waals surface area contributed by atoms with E-state index in [1.807, 2.05) is 13.8 Å². The second kappa shape index (κ2) is 5.41. The molecule has 90 valence electrons. The Morgan fingerprint density at radius 2 is 1.88 bits per heavy atom. The van der Waals surface area contributed by atoms with Crippen LogP contribution < -0.4 is 0 Å². The molecule has 1 N–H and O–H groups in total. The Hall–Kier alpha value is -0.930. The first-order valence-corrected chi connectivity index (χ1v) is 5.43. The minimum atomic E-state index is -0.560. The van der Waals surface area contributed by atoms with Crippen LogP contribution >= 0.6 is 0 Å². The first kappa shape index (κ1) is 13.1. The molecular formula is C13H19FO2.